The summed E-state index contributed by atoms with van der Waals surface area (Å²) in [6.07, 6.45) is 0. The van der Waals surface area contributed by atoms with Crippen molar-refractivity contribution in [1.29, 1.82) is 0 Å². The van der Waals surface area contributed by atoms with Gasteiger partial charge in [0.2, 0.25) is 0 Å². The first-order chi connectivity index (χ1) is 13.2. The van der Waals surface area contributed by atoms with Gasteiger partial charge in [0.25, 0.3) is 0 Å². The van der Waals surface area contributed by atoms with Crippen molar-refractivity contribution in [2.75, 3.05) is 0 Å². The monoisotopic (exact) mass is 361 g/mol. The van der Waals surface area contributed by atoms with Gasteiger partial charge in [0.1, 0.15) is 0 Å². The molecule has 4 rings (SSSR count). The average molecular weight is 361 g/mol. The van der Waals surface area contributed by atoms with Crippen LogP contribution in [0.2, 0.25) is 0 Å². The minimum absolute atomic E-state index is 0.0850. The van der Waals surface area contributed by atoms with E-state index < -0.39 is 5.97 Å². The summed E-state index contributed by atoms with van der Waals surface area (Å²) in [5.41, 5.74) is 2.16. The van der Waals surface area contributed by atoms with Crippen molar-refractivity contribution in [1.82, 2.24) is 35.2 Å². The maximum Gasteiger partial charge on any atom is 0.361 e. The maximum atomic E-state index is 12.4. The van der Waals surface area contributed by atoms with Gasteiger partial charge in [-0.3, -0.25) is 0 Å². The van der Waals surface area contributed by atoms with E-state index >= 15 is 0 Å². The predicted molar refractivity (Wildman–Crippen MR) is 94.4 cm³/mol. The second-order valence-corrected chi connectivity index (χ2v) is 5.68. The lowest BCUT2D eigenvalue weighted by molar-refractivity contribution is 0.0451. The number of nitrogens with zero attached hydrogens (tertiary/aromatic N) is 7. The first-order valence-electron chi connectivity index (χ1n) is 8.21. The molecular weight excluding hydrogens is 346 g/mol. The zero-order valence-electron chi connectivity index (χ0n) is 14.4. The van der Waals surface area contributed by atoms with Gasteiger partial charge < -0.3 is 4.74 Å². The molecule has 0 N–H and O–H groups in total. The molecule has 2 heterocycles. The van der Waals surface area contributed by atoms with Crippen LogP contribution in [-0.2, 0) is 11.3 Å². The Labute approximate surface area is 154 Å². The third-order valence-corrected chi connectivity index (χ3v) is 3.83. The molecular formula is C18H15N7O2. The smallest absolute Gasteiger partial charge is 0.361 e. The molecule has 2 aromatic carbocycles. The van der Waals surface area contributed by atoms with Crippen LogP contribution in [0.15, 0.2) is 60.7 Å². The van der Waals surface area contributed by atoms with Crippen LogP contribution in [-0.4, -0.2) is 41.2 Å². The van der Waals surface area contributed by atoms with E-state index in [1.807, 2.05) is 60.7 Å². The van der Waals surface area contributed by atoms with Gasteiger partial charge in [-0.15, -0.1) is 10.2 Å². The van der Waals surface area contributed by atoms with Crippen LogP contribution < -0.4 is 0 Å². The number of carbonyl (C=O) groups is 1. The van der Waals surface area contributed by atoms with E-state index in [0.717, 1.165) is 11.4 Å². The number of carbonyl (C=O) groups excluding carboxylic acids is 1. The normalized spacial score (nSPS) is 10.7. The highest BCUT2D eigenvalue weighted by molar-refractivity contribution is 5.88. The molecule has 0 saturated heterocycles. The standard InChI is InChI=1S/C18H15N7O2/c1-13-17(21-25(20-13)15-10-6-3-7-11-15)18(26)27-12-16-19-22-23-24(16)14-8-4-2-5-9-14/h2-11H,12H2,1H3. The van der Waals surface area contributed by atoms with Crippen LogP contribution in [0, 0.1) is 6.92 Å². The second kappa shape index (κ2) is 7.16. The van der Waals surface area contributed by atoms with Crippen molar-refractivity contribution in [3.63, 3.8) is 0 Å². The van der Waals surface area contributed by atoms with Crippen molar-refractivity contribution in [3.8, 4) is 11.4 Å². The van der Waals surface area contributed by atoms with Gasteiger partial charge in [0.05, 0.1) is 17.1 Å². The van der Waals surface area contributed by atoms with Gasteiger partial charge in [0.15, 0.2) is 18.1 Å². The molecule has 2 aromatic heterocycles. The third kappa shape index (κ3) is 3.43. The molecule has 0 radical (unpaired) electrons. The van der Waals surface area contributed by atoms with Crippen LogP contribution >= 0.6 is 0 Å². The lowest BCUT2D eigenvalue weighted by atomic mass is 10.3. The molecule has 0 unspecified atom stereocenters. The topological polar surface area (TPSA) is 101 Å². The third-order valence-electron chi connectivity index (χ3n) is 3.83. The van der Waals surface area contributed by atoms with E-state index in [1.54, 1.807) is 6.92 Å². The van der Waals surface area contributed by atoms with Crippen LogP contribution in [0.4, 0.5) is 0 Å². The van der Waals surface area contributed by atoms with Gasteiger partial charge in [-0.25, -0.2) is 4.79 Å². The van der Waals surface area contributed by atoms with E-state index in [4.69, 9.17) is 4.74 Å². The molecule has 9 nitrogen and oxygen atoms in total. The Hall–Kier alpha value is -3.88. The molecule has 0 saturated carbocycles. The predicted octanol–water partition coefficient (Wildman–Crippen LogP) is 1.91. The van der Waals surface area contributed by atoms with Gasteiger partial charge in [-0.05, 0) is 41.6 Å². The number of hydrogen-bond donors (Lipinski definition) is 0. The van der Waals surface area contributed by atoms with E-state index in [-0.39, 0.29) is 12.3 Å². The number of rotatable bonds is 5. The molecule has 0 aliphatic rings. The Morgan fingerprint density at radius 3 is 2.33 bits per heavy atom. The zero-order valence-corrected chi connectivity index (χ0v) is 14.4. The highest BCUT2D eigenvalue weighted by Crippen LogP contribution is 2.11. The maximum absolute atomic E-state index is 12.4. The Morgan fingerprint density at radius 1 is 0.963 bits per heavy atom. The number of hydrogen-bond acceptors (Lipinski definition) is 7. The summed E-state index contributed by atoms with van der Waals surface area (Å²) in [4.78, 5) is 13.8. The molecule has 0 spiro atoms. The minimum atomic E-state index is -0.586. The van der Waals surface area contributed by atoms with Crippen molar-refractivity contribution in [3.05, 3.63) is 77.9 Å². The summed E-state index contributed by atoms with van der Waals surface area (Å²) in [6, 6.07) is 18.7. The molecule has 0 aliphatic heterocycles. The number of para-hydroxylation sites is 2. The largest absolute Gasteiger partial charge is 0.453 e. The molecule has 0 amide bonds. The number of aryl methyl sites for hydroxylation is 1. The summed E-state index contributed by atoms with van der Waals surface area (Å²) in [7, 11) is 0. The SMILES string of the molecule is Cc1nn(-c2ccccc2)nc1C(=O)OCc1nnnn1-c1ccccc1. The Morgan fingerprint density at radius 2 is 1.63 bits per heavy atom. The summed E-state index contributed by atoms with van der Waals surface area (Å²) >= 11 is 0. The molecule has 0 aliphatic carbocycles. The van der Waals surface area contributed by atoms with Crippen molar-refractivity contribution >= 4 is 5.97 Å². The fourth-order valence-electron chi connectivity index (χ4n) is 2.51. The molecule has 27 heavy (non-hydrogen) atoms. The van der Waals surface area contributed by atoms with E-state index in [1.165, 1.54) is 9.48 Å². The summed E-state index contributed by atoms with van der Waals surface area (Å²) < 4.78 is 6.86. The summed E-state index contributed by atoms with van der Waals surface area (Å²) in [6.45, 7) is 1.62. The van der Waals surface area contributed by atoms with Crippen molar-refractivity contribution in [2.24, 2.45) is 0 Å². The van der Waals surface area contributed by atoms with Gasteiger partial charge in [0, 0.05) is 0 Å². The zero-order chi connectivity index (χ0) is 18.6. The molecule has 0 fully saturated rings. The molecule has 4 aromatic rings. The molecule has 134 valence electrons. The van der Waals surface area contributed by atoms with Crippen LogP contribution in [0.3, 0.4) is 0 Å². The highest BCUT2D eigenvalue weighted by atomic mass is 16.5. The number of aromatic nitrogens is 7. The number of ether oxygens (including phenoxy) is 1. The van der Waals surface area contributed by atoms with Crippen LogP contribution in [0.1, 0.15) is 22.0 Å². The van der Waals surface area contributed by atoms with Crippen molar-refractivity contribution in [2.45, 2.75) is 13.5 Å². The van der Waals surface area contributed by atoms with Crippen LogP contribution in [0.5, 0.6) is 0 Å². The fourth-order valence-corrected chi connectivity index (χ4v) is 2.51. The Bertz CT molecular complexity index is 1060. The van der Waals surface area contributed by atoms with E-state index in [0.29, 0.717) is 11.5 Å². The van der Waals surface area contributed by atoms with E-state index in [2.05, 4.69) is 25.7 Å². The highest BCUT2D eigenvalue weighted by Gasteiger charge is 2.19. The van der Waals surface area contributed by atoms with E-state index in [9.17, 15) is 4.79 Å². The lowest BCUT2D eigenvalue weighted by Crippen LogP contribution is -2.11. The minimum Gasteiger partial charge on any atom is -0.453 e. The molecule has 0 bridgehead atoms. The summed E-state index contributed by atoms with van der Waals surface area (Å²) in [5.74, 6) is -0.181. The first-order valence-corrected chi connectivity index (χ1v) is 8.21. The van der Waals surface area contributed by atoms with Gasteiger partial charge >= 0.3 is 5.97 Å². The number of benzene rings is 2. The van der Waals surface area contributed by atoms with Crippen LogP contribution in [0.25, 0.3) is 11.4 Å². The molecule has 0 atom stereocenters. The van der Waals surface area contributed by atoms with Gasteiger partial charge in [-0.1, -0.05) is 36.4 Å². The lowest BCUT2D eigenvalue weighted by Gasteiger charge is -2.05. The summed E-state index contributed by atoms with van der Waals surface area (Å²) in [5, 5.41) is 20.0. The second-order valence-electron chi connectivity index (χ2n) is 5.68. The fraction of sp³-hybridized carbons (Fsp3) is 0.111. The first kappa shape index (κ1) is 16.6. The quantitative estimate of drug-likeness (QED) is 0.500. The van der Waals surface area contributed by atoms with Crippen molar-refractivity contribution < 1.29 is 9.53 Å². The average Bonchev–Trinajstić information content (AvgIpc) is 3.34. The Kier molecular flexibility index (Phi) is 4.40. The van der Waals surface area contributed by atoms with Gasteiger partial charge in [-0.2, -0.15) is 14.6 Å². The number of tetrazole rings is 1. The Balaban J connectivity index is 1.50. The number of esters is 1. The molecule has 9 heteroatoms.